The second-order valence-corrected chi connectivity index (χ2v) is 3.87. The van der Waals surface area contributed by atoms with Gasteiger partial charge in [0.15, 0.2) is 0 Å². The predicted molar refractivity (Wildman–Crippen MR) is 59.5 cm³/mol. The molecule has 3 amide bonds. The molecular weight excluding hydrogens is 226 g/mol. The highest BCUT2D eigenvalue weighted by Crippen LogP contribution is 2.02. The maximum atomic E-state index is 12.0. The molecule has 1 aliphatic heterocycles. The molecule has 96 valence electrons. The molecule has 0 saturated carbocycles. The number of piperazine rings is 1. The zero-order valence-corrected chi connectivity index (χ0v) is 9.81. The third-order valence-electron chi connectivity index (χ3n) is 2.40. The van der Waals surface area contributed by atoms with Crippen LogP contribution in [0.3, 0.4) is 0 Å². The van der Waals surface area contributed by atoms with Crippen LogP contribution in [-0.2, 0) is 9.59 Å². The minimum Gasteiger partial charge on any atom is -0.480 e. The molecule has 0 radical (unpaired) electrons. The Hall–Kier alpha value is -1.79. The zero-order valence-electron chi connectivity index (χ0n) is 9.81. The Bertz CT molecular complexity index is 319. The zero-order chi connectivity index (χ0) is 12.8. The minimum atomic E-state index is -1.05. The van der Waals surface area contributed by atoms with E-state index in [0.29, 0.717) is 26.1 Å². The summed E-state index contributed by atoms with van der Waals surface area (Å²) < 4.78 is 0. The van der Waals surface area contributed by atoms with E-state index in [1.165, 1.54) is 9.80 Å². The van der Waals surface area contributed by atoms with Gasteiger partial charge < -0.3 is 20.2 Å². The summed E-state index contributed by atoms with van der Waals surface area (Å²) >= 11 is 0. The van der Waals surface area contributed by atoms with Crippen molar-refractivity contribution in [3.05, 3.63) is 0 Å². The lowest BCUT2D eigenvalue weighted by molar-refractivity contribution is -0.137. The van der Waals surface area contributed by atoms with Crippen molar-refractivity contribution in [2.24, 2.45) is 0 Å². The first-order chi connectivity index (χ1) is 8.04. The van der Waals surface area contributed by atoms with Gasteiger partial charge >= 0.3 is 12.0 Å². The number of urea groups is 1. The highest BCUT2D eigenvalue weighted by Gasteiger charge is 2.26. The number of nitrogens with zero attached hydrogens (tertiary/aromatic N) is 2. The van der Waals surface area contributed by atoms with E-state index in [0.717, 1.165) is 0 Å². The Balaban J connectivity index is 2.62. The Kier molecular flexibility index (Phi) is 4.74. The predicted octanol–water partition coefficient (Wildman–Crippen LogP) is -0.665. The lowest BCUT2D eigenvalue weighted by Gasteiger charge is -2.31. The molecule has 1 aliphatic rings. The number of carbonyl (C=O) groups excluding carboxylic acids is 2. The van der Waals surface area contributed by atoms with E-state index in [1.54, 1.807) is 0 Å². The van der Waals surface area contributed by atoms with Gasteiger partial charge in [0.2, 0.25) is 5.91 Å². The van der Waals surface area contributed by atoms with Gasteiger partial charge in [-0.05, 0) is 6.42 Å². The van der Waals surface area contributed by atoms with Crippen LogP contribution in [0.1, 0.15) is 13.3 Å². The average molecular weight is 243 g/mol. The van der Waals surface area contributed by atoms with Crippen molar-refractivity contribution in [2.45, 2.75) is 13.3 Å². The topological polar surface area (TPSA) is 90.0 Å². The molecule has 0 aromatic heterocycles. The van der Waals surface area contributed by atoms with Gasteiger partial charge in [0.1, 0.15) is 13.1 Å². The SMILES string of the molecule is CCCN(CC(=O)O)C(=O)N1CCNC(=O)C1. The molecule has 0 unspecified atom stereocenters. The van der Waals surface area contributed by atoms with Crippen LogP contribution < -0.4 is 5.32 Å². The Morgan fingerprint density at radius 3 is 2.76 bits per heavy atom. The molecule has 0 aromatic carbocycles. The number of hydrogen-bond acceptors (Lipinski definition) is 3. The first-order valence-electron chi connectivity index (χ1n) is 5.57. The van der Waals surface area contributed by atoms with Gasteiger partial charge in [-0.15, -0.1) is 0 Å². The number of carbonyl (C=O) groups is 3. The summed E-state index contributed by atoms with van der Waals surface area (Å²) in [5.74, 6) is -1.26. The summed E-state index contributed by atoms with van der Waals surface area (Å²) in [5.41, 5.74) is 0. The molecule has 2 N–H and O–H groups in total. The van der Waals surface area contributed by atoms with Crippen molar-refractivity contribution in [1.29, 1.82) is 0 Å². The number of amides is 3. The lowest BCUT2D eigenvalue weighted by Crippen LogP contribution is -2.54. The van der Waals surface area contributed by atoms with Crippen LogP contribution in [0.15, 0.2) is 0 Å². The van der Waals surface area contributed by atoms with Crippen LogP contribution in [-0.4, -0.2) is 65.5 Å². The number of rotatable bonds is 4. The van der Waals surface area contributed by atoms with E-state index in [2.05, 4.69) is 5.32 Å². The summed E-state index contributed by atoms with van der Waals surface area (Å²) in [6.07, 6.45) is 0.680. The molecule has 0 spiro atoms. The molecule has 0 bridgehead atoms. The maximum Gasteiger partial charge on any atom is 0.323 e. The van der Waals surface area contributed by atoms with E-state index in [4.69, 9.17) is 5.11 Å². The Morgan fingerprint density at radius 1 is 1.53 bits per heavy atom. The van der Waals surface area contributed by atoms with Crippen LogP contribution in [0.4, 0.5) is 4.79 Å². The van der Waals surface area contributed by atoms with E-state index in [-0.39, 0.29) is 25.0 Å². The van der Waals surface area contributed by atoms with Gasteiger partial charge in [0, 0.05) is 19.6 Å². The summed E-state index contributed by atoms with van der Waals surface area (Å²) in [6, 6.07) is -0.385. The van der Waals surface area contributed by atoms with E-state index in [9.17, 15) is 14.4 Å². The summed E-state index contributed by atoms with van der Waals surface area (Å²) in [6.45, 7) is 2.75. The quantitative estimate of drug-likeness (QED) is 0.685. The largest absolute Gasteiger partial charge is 0.480 e. The van der Waals surface area contributed by atoms with Crippen molar-refractivity contribution in [3.8, 4) is 0 Å². The maximum absolute atomic E-state index is 12.0. The van der Waals surface area contributed by atoms with E-state index < -0.39 is 5.97 Å². The highest BCUT2D eigenvalue weighted by molar-refractivity contribution is 5.86. The monoisotopic (exact) mass is 243 g/mol. The van der Waals surface area contributed by atoms with Crippen molar-refractivity contribution in [3.63, 3.8) is 0 Å². The molecule has 17 heavy (non-hydrogen) atoms. The van der Waals surface area contributed by atoms with Crippen LogP contribution in [0.25, 0.3) is 0 Å². The molecule has 1 saturated heterocycles. The minimum absolute atomic E-state index is 0.00132. The normalized spacial score (nSPS) is 15.4. The van der Waals surface area contributed by atoms with E-state index >= 15 is 0 Å². The smallest absolute Gasteiger partial charge is 0.323 e. The first kappa shape index (κ1) is 13.3. The lowest BCUT2D eigenvalue weighted by atomic mass is 10.3. The average Bonchev–Trinajstić information content (AvgIpc) is 2.27. The third-order valence-corrected chi connectivity index (χ3v) is 2.40. The van der Waals surface area contributed by atoms with Crippen molar-refractivity contribution in [2.75, 3.05) is 32.7 Å². The van der Waals surface area contributed by atoms with Crippen LogP contribution in [0, 0.1) is 0 Å². The van der Waals surface area contributed by atoms with Gasteiger partial charge in [-0.1, -0.05) is 6.92 Å². The molecule has 1 rings (SSSR count). The first-order valence-corrected chi connectivity index (χ1v) is 5.57. The standard InChI is InChI=1S/C10H17N3O4/c1-2-4-12(7-9(15)16)10(17)13-5-3-11-8(14)6-13/h2-7H2,1H3,(H,11,14)(H,15,16). The van der Waals surface area contributed by atoms with Gasteiger partial charge in [0.05, 0.1) is 0 Å². The van der Waals surface area contributed by atoms with Crippen molar-refractivity contribution >= 4 is 17.9 Å². The number of carboxylic acids is 1. The second kappa shape index (κ2) is 6.07. The molecular formula is C10H17N3O4. The summed E-state index contributed by atoms with van der Waals surface area (Å²) in [5, 5.41) is 11.3. The molecule has 0 aromatic rings. The van der Waals surface area contributed by atoms with Gasteiger partial charge in [-0.3, -0.25) is 9.59 Å². The molecule has 7 nitrogen and oxygen atoms in total. The van der Waals surface area contributed by atoms with Crippen molar-refractivity contribution < 1.29 is 19.5 Å². The highest BCUT2D eigenvalue weighted by atomic mass is 16.4. The summed E-state index contributed by atoms with van der Waals surface area (Å²) in [4.78, 5) is 36.4. The van der Waals surface area contributed by atoms with Gasteiger partial charge in [-0.2, -0.15) is 0 Å². The van der Waals surface area contributed by atoms with Crippen LogP contribution in [0.2, 0.25) is 0 Å². The Labute approximate surface area is 99.4 Å². The van der Waals surface area contributed by atoms with Crippen LogP contribution >= 0.6 is 0 Å². The molecule has 7 heteroatoms. The van der Waals surface area contributed by atoms with Crippen LogP contribution in [0.5, 0.6) is 0 Å². The molecule has 1 fully saturated rings. The van der Waals surface area contributed by atoms with Gasteiger partial charge in [-0.25, -0.2) is 4.79 Å². The van der Waals surface area contributed by atoms with Gasteiger partial charge in [0.25, 0.3) is 0 Å². The number of aliphatic carboxylic acids is 1. The third kappa shape index (κ3) is 3.93. The number of nitrogens with one attached hydrogen (secondary N) is 1. The Morgan fingerprint density at radius 2 is 2.24 bits per heavy atom. The molecule has 0 aliphatic carbocycles. The molecule has 0 atom stereocenters. The fraction of sp³-hybridized carbons (Fsp3) is 0.700. The second-order valence-electron chi connectivity index (χ2n) is 3.87. The number of hydrogen-bond donors (Lipinski definition) is 2. The fourth-order valence-electron chi connectivity index (χ4n) is 1.68. The molecule has 1 heterocycles. The number of carboxylic acid groups (broad SMARTS) is 1. The van der Waals surface area contributed by atoms with E-state index in [1.807, 2.05) is 6.92 Å². The summed E-state index contributed by atoms with van der Waals surface area (Å²) in [7, 11) is 0. The fourth-order valence-corrected chi connectivity index (χ4v) is 1.68. The van der Waals surface area contributed by atoms with Crippen molar-refractivity contribution in [1.82, 2.24) is 15.1 Å².